The van der Waals surface area contributed by atoms with Crippen LogP contribution in [0.2, 0.25) is 0 Å². The van der Waals surface area contributed by atoms with Gasteiger partial charge in [-0.3, -0.25) is 4.98 Å². The summed E-state index contributed by atoms with van der Waals surface area (Å²) in [6.45, 7) is 2.09. The number of morpholine rings is 1. The van der Waals surface area contributed by atoms with E-state index in [-0.39, 0.29) is 6.04 Å². The van der Waals surface area contributed by atoms with Crippen LogP contribution in [0.25, 0.3) is 11.4 Å². The van der Waals surface area contributed by atoms with E-state index in [1.54, 1.807) is 12.4 Å². The lowest BCUT2D eigenvalue weighted by Gasteiger charge is -2.20. The van der Waals surface area contributed by atoms with Gasteiger partial charge in [0.2, 0.25) is 11.7 Å². The Morgan fingerprint density at radius 1 is 1.41 bits per heavy atom. The molecule has 1 saturated heterocycles. The molecule has 17 heavy (non-hydrogen) atoms. The third-order valence-electron chi connectivity index (χ3n) is 2.58. The van der Waals surface area contributed by atoms with Crippen molar-refractivity contribution >= 4 is 0 Å². The molecule has 1 fully saturated rings. The molecule has 1 unspecified atom stereocenters. The van der Waals surface area contributed by atoms with E-state index in [1.807, 2.05) is 12.1 Å². The molecule has 6 nitrogen and oxygen atoms in total. The molecule has 0 aromatic carbocycles. The summed E-state index contributed by atoms with van der Waals surface area (Å²) in [6.07, 6.45) is 3.42. The first-order valence-electron chi connectivity index (χ1n) is 5.48. The van der Waals surface area contributed by atoms with E-state index < -0.39 is 0 Å². The van der Waals surface area contributed by atoms with Gasteiger partial charge in [-0.05, 0) is 12.1 Å². The summed E-state index contributed by atoms with van der Waals surface area (Å²) in [6, 6.07) is 3.72. The molecule has 1 atom stereocenters. The van der Waals surface area contributed by atoms with Gasteiger partial charge in [-0.2, -0.15) is 4.98 Å². The zero-order valence-electron chi connectivity index (χ0n) is 9.17. The number of hydrogen-bond donors (Lipinski definition) is 1. The topological polar surface area (TPSA) is 73.1 Å². The van der Waals surface area contributed by atoms with E-state index in [2.05, 4.69) is 20.4 Å². The summed E-state index contributed by atoms with van der Waals surface area (Å²) < 4.78 is 10.6. The van der Waals surface area contributed by atoms with Crippen molar-refractivity contribution in [3.8, 4) is 11.4 Å². The van der Waals surface area contributed by atoms with Crippen LogP contribution in [0.4, 0.5) is 0 Å². The van der Waals surface area contributed by atoms with Gasteiger partial charge in [-0.25, -0.2) is 0 Å². The third-order valence-corrected chi connectivity index (χ3v) is 2.58. The van der Waals surface area contributed by atoms with Gasteiger partial charge < -0.3 is 14.6 Å². The Kier molecular flexibility index (Phi) is 2.81. The Morgan fingerprint density at radius 3 is 3.18 bits per heavy atom. The molecule has 2 aromatic heterocycles. The number of ether oxygens (including phenoxy) is 1. The normalized spacial score (nSPS) is 20.4. The minimum absolute atomic E-state index is 0.0123. The lowest BCUT2D eigenvalue weighted by molar-refractivity contribution is 0.0659. The monoisotopic (exact) mass is 232 g/mol. The van der Waals surface area contributed by atoms with Crippen LogP contribution >= 0.6 is 0 Å². The van der Waals surface area contributed by atoms with Crippen LogP contribution in [0.15, 0.2) is 29.0 Å². The Balaban J connectivity index is 1.83. The average molecular weight is 232 g/mol. The highest BCUT2D eigenvalue weighted by molar-refractivity contribution is 5.51. The number of nitrogens with zero attached hydrogens (tertiary/aromatic N) is 3. The Labute approximate surface area is 98.0 Å². The fourth-order valence-electron chi connectivity index (χ4n) is 1.71. The Morgan fingerprint density at radius 2 is 2.41 bits per heavy atom. The first-order valence-corrected chi connectivity index (χ1v) is 5.48. The summed E-state index contributed by atoms with van der Waals surface area (Å²) >= 11 is 0. The van der Waals surface area contributed by atoms with Gasteiger partial charge in [0.1, 0.15) is 6.04 Å². The molecule has 1 aliphatic heterocycles. The van der Waals surface area contributed by atoms with E-state index in [1.165, 1.54) is 0 Å². The van der Waals surface area contributed by atoms with E-state index in [9.17, 15) is 0 Å². The predicted molar refractivity (Wildman–Crippen MR) is 59.1 cm³/mol. The van der Waals surface area contributed by atoms with E-state index in [4.69, 9.17) is 9.26 Å². The smallest absolute Gasteiger partial charge is 0.246 e. The number of hydrogen-bond acceptors (Lipinski definition) is 6. The second kappa shape index (κ2) is 4.60. The van der Waals surface area contributed by atoms with Gasteiger partial charge in [0.25, 0.3) is 0 Å². The highest BCUT2D eigenvalue weighted by Crippen LogP contribution is 2.18. The van der Waals surface area contributed by atoms with Crippen molar-refractivity contribution in [1.82, 2.24) is 20.4 Å². The molecule has 3 heterocycles. The van der Waals surface area contributed by atoms with Crippen LogP contribution in [0.3, 0.4) is 0 Å². The molecule has 0 saturated carbocycles. The maximum Gasteiger partial charge on any atom is 0.246 e. The molecular weight excluding hydrogens is 220 g/mol. The van der Waals surface area contributed by atoms with Crippen LogP contribution in [0, 0.1) is 0 Å². The second-order valence-electron chi connectivity index (χ2n) is 3.78. The minimum Gasteiger partial charge on any atom is -0.378 e. The highest BCUT2D eigenvalue weighted by Gasteiger charge is 2.21. The lowest BCUT2D eigenvalue weighted by Crippen LogP contribution is -2.34. The largest absolute Gasteiger partial charge is 0.378 e. The van der Waals surface area contributed by atoms with Crippen molar-refractivity contribution in [3.63, 3.8) is 0 Å². The fraction of sp³-hybridized carbons (Fsp3) is 0.364. The maximum atomic E-state index is 5.35. The van der Waals surface area contributed by atoms with Crippen molar-refractivity contribution in [3.05, 3.63) is 30.4 Å². The van der Waals surface area contributed by atoms with Crippen molar-refractivity contribution < 1.29 is 9.26 Å². The average Bonchev–Trinajstić information content (AvgIpc) is 2.90. The number of rotatable bonds is 2. The van der Waals surface area contributed by atoms with Gasteiger partial charge >= 0.3 is 0 Å². The summed E-state index contributed by atoms with van der Waals surface area (Å²) in [5, 5.41) is 7.20. The minimum atomic E-state index is -0.0123. The molecule has 3 rings (SSSR count). The van der Waals surface area contributed by atoms with Gasteiger partial charge in [-0.1, -0.05) is 5.16 Å². The second-order valence-corrected chi connectivity index (χ2v) is 3.78. The Hall–Kier alpha value is -1.79. The van der Waals surface area contributed by atoms with Crippen molar-refractivity contribution in [2.24, 2.45) is 0 Å². The molecular formula is C11H12N4O2. The van der Waals surface area contributed by atoms with Crippen molar-refractivity contribution in [1.29, 1.82) is 0 Å². The number of aromatic nitrogens is 3. The van der Waals surface area contributed by atoms with Gasteiger partial charge in [0.05, 0.1) is 13.2 Å². The van der Waals surface area contributed by atoms with Crippen LogP contribution < -0.4 is 5.32 Å². The van der Waals surface area contributed by atoms with Gasteiger partial charge in [0, 0.05) is 24.5 Å². The van der Waals surface area contributed by atoms with Gasteiger partial charge in [-0.15, -0.1) is 0 Å². The molecule has 2 aromatic rings. The van der Waals surface area contributed by atoms with Crippen molar-refractivity contribution in [2.75, 3.05) is 19.8 Å². The maximum absolute atomic E-state index is 5.35. The van der Waals surface area contributed by atoms with E-state index in [0.717, 1.165) is 18.7 Å². The zero-order chi connectivity index (χ0) is 11.5. The Bertz CT molecular complexity index is 479. The molecule has 0 aliphatic carbocycles. The first-order chi connectivity index (χ1) is 8.43. The van der Waals surface area contributed by atoms with Crippen molar-refractivity contribution in [2.45, 2.75) is 6.04 Å². The highest BCUT2D eigenvalue weighted by atomic mass is 16.5. The molecule has 0 bridgehead atoms. The SMILES string of the molecule is c1cncc(-c2noc(C3COCCN3)n2)c1. The number of nitrogens with one attached hydrogen (secondary N) is 1. The molecule has 1 N–H and O–H groups in total. The quantitative estimate of drug-likeness (QED) is 0.825. The summed E-state index contributed by atoms with van der Waals surface area (Å²) in [5.74, 6) is 1.11. The van der Waals surface area contributed by atoms with Crippen LogP contribution in [0.1, 0.15) is 11.9 Å². The lowest BCUT2D eigenvalue weighted by atomic mass is 10.2. The van der Waals surface area contributed by atoms with Crippen LogP contribution in [0.5, 0.6) is 0 Å². The first kappa shape index (κ1) is 10.4. The predicted octanol–water partition coefficient (Wildman–Crippen LogP) is 0.792. The van der Waals surface area contributed by atoms with Crippen LogP contribution in [-0.2, 0) is 4.74 Å². The molecule has 0 spiro atoms. The summed E-state index contributed by atoms with van der Waals surface area (Å²) in [7, 11) is 0. The third kappa shape index (κ3) is 2.17. The molecule has 88 valence electrons. The van der Waals surface area contributed by atoms with Gasteiger partial charge in [0.15, 0.2) is 0 Å². The van der Waals surface area contributed by atoms with E-state index >= 15 is 0 Å². The molecule has 1 aliphatic rings. The molecule has 0 amide bonds. The zero-order valence-corrected chi connectivity index (χ0v) is 9.17. The summed E-state index contributed by atoms with van der Waals surface area (Å²) in [4.78, 5) is 8.36. The molecule has 0 radical (unpaired) electrons. The van der Waals surface area contributed by atoms with Crippen LogP contribution in [-0.4, -0.2) is 34.9 Å². The standard InChI is InChI=1S/C11H12N4O2/c1-2-8(6-12-3-1)10-14-11(17-15-10)9-7-16-5-4-13-9/h1-3,6,9,13H,4-5,7H2. The summed E-state index contributed by atoms with van der Waals surface area (Å²) in [5.41, 5.74) is 0.847. The fourth-order valence-corrected chi connectivity index (χ4v) is 1.71. The number of pyridine rings is 1. The molecule has 6 heteroatoms. The van der Waals surface area contributed by atoms with E-state index in [0.29, 0.717) is 18.3 Å².